The van der Waals surface area contributed by atoms with Crippen LogP contribution in [0.2, 0.25) is 0 Å². The first kappa shape index (κ1) is 11.7. The van der Waals surface area contributed by atoms with Crippen molar-refractivity contribution >= 4 is 26.8 Å². The lowest BCUT2D eigenvalue weighted by Gasteiger charge is -2.01. The molecule has 17 heavy (non-hydrogen) atoms. The summed E-state index contributed by atoms with van der Waals surface area (Å²) in [6.07, 6.45) is 2.08. The largest absolute Gasteiger partial charge is 0.550 e. The number of carbonyl (C=O) groups is 1. The minimum Gasteiger partial charge on any atom is -0.550 e. The van der Waals surface area contributed by atoms with Gasteiger partial charge in [-0.25, -0.2) is 8.42 Å². The minimum absolute atomic E-state index is 0.131. The molecule has 0 N–H and O–H groups in total. The number of aliphatic carboxylic acids is 1. The zero-order valence-electron chi connectivity index (χ0n) is 8.97. The van der Waals surface area contributed by atoms with Gasteiger partial charge in [0.05, 0.1) is 11.2 Å². The van der Waals surface area contributed by atoms with Crippen molar-refractivity contribution in [1.82, 2.24) is 0 Å². The minimum atomic E-state index is -3.32. The van der Waals surface area contributed by atoms with Crippen molar-refractivity contribution in [3.63, 3.8) is 0 Å². The zero-order chi connectivity index (χ0) is 12.6. The van der Waals surface area contributed by atoms with E-state index in [1.807, 2.05) is 0 Å². The van der Waals surface area contributed by atoms with E-state index in [0.29, 0.717) is 16.5 Å². The number of carboxylic acids is 1. The third-order valence-electron chi connectivity index (χ3n) is 2.39. The maximum Gasteiger partial charge on any atom is 0.175 e. The average Bonchev–Trinajstić information content (AvgIpc) is 2.59. The van der Waals surface area contributed by atoms with Crippen molar-refractivity contribution in [2.45, 2.75) is 11.3 Å². The van der Waals surface area contributed by atoms with E-state index in [2.05, 4.69) is 0 Å². The van der Waals surface area contributed by atoms with E-state index in [9.17, 15) is 18.3 Å². The van der Waals surface area contributed by atoms with Gasteiger partial charge in [0.15, 0.2) is 9.84 Å². The Morgan fingerprint density at radius 2 is 2.12 bits per heavy atom. The highest BCUT2D eigenvalue weighted by Crippen LogP contribution is 2.24. The quantitative estimate of drug-likeness (QED) is 0.775. The molecule has 0 spiro atoms. The maximum absolute atomic E-state index is 11.4. The molecular weight excluding hydrogens is 244 g/mol. The molecule has 0 aliphatic carbocycles. The maximum atomic E-state index is 11.4. The van der Waals surface area contributed by atoms with Crippen LogP contribution < -0.4 is 5.11 Å². The van der Waals surface area contributed by atoms with Gasteiger partial charge in [0.1, 0.15) is 5.58 Å². The van der Waals surface area contributed by atoms with Gasteiger partial charge in [0.25, 0.3) is 0 Å². The van der Waals surface area contributed by atoms with Gasteiger partial charge in [0, 0.05) is 29.6 Å². The Bertz CT molecular complexity index is 681. The summed E-state index contributed by atoms with van der Waals surface area (Å²) in [5.41, 5.74) is 0.860. The summed E-state index contributed by atoms with van der Waals surface area (Å²) in [4.78, 5) is 10.7. The number of sulfone groups is 1. The molecule has 2 rings (SSSR count). The summed E-state index contributed by atoms with van der Waals surface area (Å²) in [5, 5.41) is 11.0. The first-order valence-corrected chi connectivity index (χ1v) is 6.67. The molecule has 1 aromatic heterocycles. The normalized spacial score (nSPS) is 11.8. The SMILES string of the molecule is CS(=O)(=O)c1ccc2occ(CC(=O)[O-])c2c1. The van der Waals surface area contributed by atoms with Crippen molar-refractivity contribution in [2.75, 3.05) is 6.26 Å². The first-order chi connectivity index (χ1) is 7.88. The van der Waals surface area contributed by atoms with Gasteiger partial charge in [-0.05, 0) is 18.2 Å². The van der Waals surface area contributed by atoms with E-state index in [-0.39, 0.29) is 11.3 Å². The number of fused-ring (bicyclic) bond motifs is 1. The van der Waals surface area contributed by atoms with Crippen LogP contribution in [0.3, 0.4) is 0 Å². The van der Waals surface area contributed by atoms with Crippen LogP contribution in [0.4, 0.5) is 0 Å². The Morgan fingerprint density at radius 3 is 2.71 bits per heavy atom. The van der Waals surface area contributed by atoms with Crippen molar-refractivity contribution in [2.24, 2.45) is 0 Å². The van der Waals surface area contributed by atoms with E-state index in [0.717, 1.165) is 6.26 Å². The fourth-order valence-corrected chi connectivity index (χ4v) is 2.23. The third kappa shape index (κ3) is 2.31. The molecule has 0 fully saturated rings. The molecule has 0 aliphatic rings. The Morgan fingerprint density at radius 1 is 1.41 bits per heavy atom. The van der Waals surface area contributed by atoms with E-state index < -0.39 is 15.8 Å². The molecule has 0 saturated heterocycles. The highest BCUT2D eigenvalue weighted by atomic mass is 32.2. The lowest BCUT2D eigenvalue weighted by atomic mass is 10.1. The van der Waals surface area contributed by atoms with Crippen LogP contribution in [0.15, 0.2) is 33.8 Å². The molecule has 0 atom stereocenters. The van der Waals surface area contributed by atoms with E-state index >= 15 is 0 Å². The number of benzene rings is 1. The fraction of sp³-hybridized carbons (Fsp3) is 0.182. The van der Waals surface area contributed by atoms with Gasteiger partial charge >= 0.3 is 0 Å². The van der Waals surface area contributed by atoms with Crippen LogP contribution in [0, 0.1) is 0 Å². The standard InChI is InChI=1S/C11H10O5S/c1-17(14,15)8-2-3-10-9(5-8)7(6-16-10)4-11(12)13/h2-3,5-6H,4H2,1H3,(H,12,13)/p-1. The number of furan rings is 1. The second kappa shape index (κ2) is 3.89. The Hall–Kier alpha value is -1.82. The van der Waals surface area contributed by atoms with E-state index in [4.69, 9.17) is 4.42 Å². The lowest BCUT2D eigenvalue weighted by Crippen LogP contribution is -2.24. The fourth-order valence-electron chi connectivity index (χ4n) is 1.58. The van der Waals surface area contributed by atoms with Crippen molar-refractivity contribution in [1.29, 1.82) is 0 Å². The molecule has 1 aromatic carbocycles. The van der Waals surface area contributed by atoms with Gasteiger partial charge in [-0.3, -0.25) is 0 Å². The van der Waals surface area contributed by atoms with Gasteiger partial charge in [0.2, 0.25) is 0 Å². The monoisotopic (exact) mass is 253 g/mol. The van der Waals surface area contributed by atoms with E-state index in [1.165, 1.54) is 24.5 Å². The lowest BCUT2D eigenvalue weighted by molar-refractivity contribution is -0.304. The molecule has 0 bridgehead atoms. The van der Waals surface area contributed by atoms with Gasteiger partial charge in [-0.1, -0.05) is 0 Å². The molecule has 6 heteroatoms. The molecule has 1 heterocycles. The summed E-state index contributed by atoms with van der Waals surface area (Å²) >= 11 is 0. The van der Waals surface area contributed by atoms with Gasteiger partial charge < -0.3 is 14.3 Å². The molecule has 5 nitrogen and oxygen atoms in total. The van der Waals surface area contributed by atoms with Crippen LogP contribution >= 0.6 is 0 Å². The number of carboxylic acid groups (broad SMARTS) is 1. The van der Waals surface area contributed by atoms with Crippen LogP contribution in [0.25, 0.3) is 11.0 Å². The van der Waals surface area contributed by atoms with Crippen LogP contribution in [-0.4, -0.2) is 20.6 Å². The van der Waals surface area contributed by atoms with Crippen LogP contribution in [0.1, 0.15) is 5.56 Å². The molecule has 0 saturated carbocycles. The summed E-state index contributed by atoms with van der Waals surface area (Å²) in [5.74, 6) is -1.24. The summed E-state index contributed by atoms with van der Waals surface area (Å²) in [6.45, 7) is 0. The molecule has 90 valence electrons. The number of carbonyl (C=O) groups excluding carboxylic acids is 1. The third-order valence-corrected chi connectivity index (χ3v) is 3.50. The number of rotatable bonds is 3. The molecule has 0 unspecified atom stereocenters. The molecule has 0 radical (unpaired) electrons. The zero-order valence-corrected chi connectivity index (χ0v) is 9.78. The topological polar surface area (TPSA) is 87.4 Å². The molecule has 0 amide bonds. The van der Waals surface area contributed by atoms with E-state index in [1.54, 1.807) is 0 Å². The van der Waals surface area contributed by atoms with Crippen molar-refractivity contribution < 1.29 is 22.7 Å². The highest BCUT2D eigenvalue weighted by molar-refractivity contribution is 7.90. The molecule has 2 aromatic rings. The summed E-state index contributed by atoms with van der Waals surface area (Å²) < 4.78 is 27.9. The second-order valence-electron chi connectivity index (χ2n) is 3.74. The van der Waals surface area contributed by atoms with Crippen LogP contribution in [0.5, 0.6) is 0 Å². The predicted octanol–water partition coefficient (Wildman–Crippen LogP) is 0.129. The van der Waals surface area contributed by atoms with Gasteiger partial charge in [-0.2, -0.15) is 0 Å². The van der Waals surface area contributed by atoms with Gasteiger partial charge in [-0.15, -0.1) is 0 Å². The van der Waals surface area contributed by atoms with Crippen molar-refractivity contribution in [3.05, 3.63) is 30.0 Å². The predicted molar refractivity (Wildman–Crippen MR) is 58.0 cm³/mol. The number of hydrogen-bond donors (Lipinski definition) is 0. The molecule has 0 aliphatic heterocycles. The highest BCUT2D eigenvalue weighted by Gasteiger charge is 2.12. The van der Waals surface area contributed by atoms with Crippen molar-refractivity contribution in [3.8, 4) is 0 Å². The average molecular weight is 253 g/mol. The smallest absolute Gasteiger partial charge is 0.175 e. The Labute approximate surface area is 97.6 Å². The number of hydrogen-bond acceptors (Lipinski definition) is 5. The Balaban J connectivity index is 2.62. The Kier molecular flexibility index (Phi) is 2.66. The van der Waals surface area contributed by atoms with Crippen LogP contribution in [-0.2, 0) is 21.1 Å². The first-order valence-electron chi connectivity index (χ1n) is 4.78. The molecular formula is C11H9O5S-. The summed E-state index contributed by atoms with van der Waals surface area (Å²) in [6, 6.07) is 4.33. The second-order valence-corrected chi connectivity index (χ2v) is 5.76. The summed E-state index contributed by atoms with van der Waals surface area (Å²) in [7, 11) is -3.32.